The first-order valence-corrected chi connectivity index (χ1v) is 9.34. The van der Waals surface area contributed by atoms with Crippen molar-refractivity contribution in [1.29, 1.82) is 0 Å². The minimum absolute atomic E-state index is 0.804. The van der Waals surface area contributed by atoms with Crippen LogP contribution in [0, 0.1) is 20.8 Å². The second-order valence-corrected chi connectivity index (χ2v) is 7.10. The largest absolute Gasteiger partial charge is 0.286 e. The molecular formula is C24H25N3. The topological polar surface area (TPSA) is 18.5 Å². The third-order valence-corrected chi connectivity index (χ3v) is 5.11. The maximum Gasteiger partial charge on any atom is 0.0634 e. The molecule has 0 bridgehead atoms. The first kappa shape index (κ1) is 17.4. The fourth-order valence-electron chi connectivity index (χ4n) is 3.61. The summed E-state index contributed by atoms with van der Waals surface area (Å²) in [6, 6.07) is 25.5. The van der Waals surface area contributed by atoms with Crippen LogP contribution in [0.1, 0.15) is 22.3 Å². The molecule has 4 rings (SSSR count). The van der Waals surface area contributed by atoms with E-state index < -0.39 is 0 Å². The van der Waals surface area contributed by atoms with Crippen molar-refractivity contribution in [3.63, 3.8) is 0 Å². The molecular weight excluding hydrogens is 330 g/mol. The Kier molecular flexibility index (Phi) is 4.69. The highest BCUT2D eigenvalue weighted by atomic mass is 15.8. The van der Waals surface area contributed by atoms with Crippen molar-refractivity contribution in [2.45, 2.75) is 20.8 Å². The van der Waals surface area contributed by atoms with Gasteiger partial charge in [-0.15, -0.1) is 5.53 Å². The van der Waals surface area contributed by atoms with Gasteiger partial charge in [-0.25, -0.2) is 0 Å². The molecule has 3 heteroatoms. The van der Waals surface area contributed by atoms with Crippen molar-refractivity contribution in [2.24, 2.45) is 0 Å². The van der Waals surface area contributed by atoms with E-state index in [1.54, 1.807) is 0 Å². The van der Waals surface area contributed by atoms with Crippen molar-refractivity contribution in [2.75, 3.05) is 16.6 Å². The van der Waals surface area contributed by atoms with Crippen molar-refractivity contribution in [3.05, 3.63) is 101 Å². The van der Waals surface area contributed by atoms with Crippen molar-refractivity contribution in [1.82, 2.24) is 5.53 Å². The van der Waals surface area contributed by atoms with Gasteiger partial charge in [0.1, 0.15) is 0 Å². The summed E-state index contributed by atoms with van der Waals surface area (Å²) in [6.07, 6.45) is 2.22. The smallest absolute Gasteiger partial charge is 0.0634 e. The third kappa shape index (κ3) is 3.46. The van der Waals surface area contributed by atoms with Crippen LogP contribution in [-0.4, -0.2) is 6.54 Å². The Morgan fingerprint density at radius 3 is 1.85 bits per heavy atom. The molecule has 27 heavy (non-hydrogen) atoms. The molecule has 0 spiro atoms. The van der Waals surface area contributed by atoms with Gasteiger partial charge in [-0.3, -0.25) is 10.0 Å². The summed E-state index contributed by atoms with van der Waals surface area (Å²) in [4.78, 5) is 0. The van der Waals surface area contributed by atoms with Gasteiger partial charge >= 0.3 is 0 Å². The van der Waals surface area contributed by atoms with Crippen molar-refractivity contribution >= 4 is 16.9 Å². The zero-order valence-corrected chi connectivity index (χ0v) is 16.1. The first-order valence-electron chi connectivity index (χ1n) is 9.34. The minimum atomic E-state index is 0.804. The molecule has 1 aliphatic rings. The van der Waals surface area contributed by atoms with Crippen molar-refractivity contribution in [3.8, 4) is 0 Å². The highest BCUT2D eigenvalue weighted by Crippen LogP contribution is 2.30. The molecule has 0 unspecified atom stereocenters. The van der Waals surface area contributed by atoms with E-state index in [4.69, 9.17) is 0 Å². The summed E-state index contributed by atoms with van der Waals surface area (Å²) in [7, 11) is 0. The second kappa shape index (κ2) is 7.29. The van der Waals surface area contributed by atoms with Crippen LogP contribution in [0.4, 0.5) is 11.4 Å². The lowest BCUT2D eigenvalue weighted by molar-refractivity contribution is 0.642. The van der Waals surface area contributed by atoms with Crippen LogP contribution in [0.25, 0.3) is 5.57 Å². The number of hydrazine groups is 2. The van der Waals surface area contributed by atoms with Crippen LogP contribution >= 0.6 is 0 Å². The second-order valence-electron chi connectivity index (χ2n) is 7.10. The van der Waals surface area contributed by atoms with Crippen LogP contribution < -0.4 is 15.6 Å². The van der Waals surface area contributed by atoms with Crippen LogP contribution in [0.2, 0.25) is 0 Å². The number of rotatable bonds is 3. The van der Waals surface area contributed by atoms with Crippen LogP contribution in [-0.2, 0) is 0 Å². The monoisotopic (exact) mass is 355 g/mol. The number of benzene rings is 3. The number of nitrogens with zero attached hydrogens (tertiary/aromatic N) is 2. The standard InChI is InChI=1S/C24H25N3/c1-18-10-4-7-13-22(18)21-16-26(23-14-8-5-11-19(23)2)25-27(17-21)24-15-9-6-12-20(24)3/h4-16,25H,17H2,1-3H3. The van der Waals surface area contributed by atoms with E-state index in [1.165, 1.54) is 33.5 Å². The third-order valence-electron chi connectivity index (χ3n) is 5.11. The van der Waals surface area contributed by atoms with E-state index in [2.05, 4.69) is 115 Å². The van der Waals surface area contributed by atoms with E-state index in [0.29, 0.717) is 0 Å². The molecule has 136 valence electrons. The Morgan fingerprint density at radius 1 is 0.667 bits per heavy atom. The first-order chi connectivity index (χ1) is 13.1. The van der Waals surface area contributed by atoms with Gasteiger partial charge < -0.3 is 0 Å². The summed E-state index contributed by atoms with van der Waals surface area (Å²) in [6.45, 7) is 7.28. The molecule has 0 saturated carbocycles. The molecule has 1 heterocycles. The summed E-state index contributed by atoms with van der Waals surface area (Å²) >= 11 is 0. The predicted molar refractivity (Wildman–Crippen MR) is 114 cm³/mol. The van der Waals surface area contributed by atoms with Crippen LogP contribution in [0.15, 0.2) is 79.0 Å². The summed E-state index contributed by atoms with van der Waals surface area (Å²) in [5, 5.41) is 4.36. The highest BCUT2D eigenvalue weighted by molar-refractivity contribution is 5.77. The molecule has 1 aliphatic heterocycles. The Morgan fingerprint density at radius 2 is 1.22 bits per heavy atom. The lowest BCUT2D eigenvalue weighted by Gasteiger charge is -2.39. The van der Waals surface area contributed by atoms with Gasteiger partial charge in [0.25, 0.3) is 0 Å². The molecule has 0 aromatic heterocycles. The van der Waals surface area contributed by atoms with E-state index in [-0.39, 0.29) is 0 Å². The fourth-order valence-corrected chi connectivity index (χ4v) is 3.61. The molecule has 0 fully saturated rings. The molecule has 3 aromatic rings. The van der Waals surface area contributed by atoms with Crippen LogP contribution in [0.3, 0.4) is 0 Å². The van der Waals surface area contributed by atoms with E-state index in [9.17, 15) is 0 Å². The molecule has 0 radical (unpaired) electrons. The van der Waals surface area contributed by atoms with Gasteiger partial charge in [0.2, 0.25) is 0 Å². The van der Waals surface area contributed by atoms with Gasteiger partial charge in [-0.2, -0.15) is 0 Å². The van der Waals surface area contributed by atoms with E-state index in [0.717, 1.165) is 12.2 Å². The maximum atomic E-state index is 3.58. The average Bonchev–Trinajstić information content (AvgIpc) is 2.69. The van der Waals surface area contributed by atoms with Gasteiger partial charge in [0.15, 0.2) is 0 Å². The Hall–Kier alpha value is -3.04. The van der Waals surface area contributed by atoms with Gasteiger partial charge in [0.05, 0.1) is 17.9 Å². The molecule has 0 aliphatic carbocycles. The number of hydrogen-bond acceptors (Lipinski definition) is 3. The lowest BCUT2D eigenvalue weighted by Crippen LogP contribution is -2.52. The predicted octanol–water partition coefficient (Wildman–Crippen LogP) is 5.40. The Balaban J connectivity index is 1.81. The highest BCUT2D eigenvalue weighted by Gasteiger charge is 2.22. The molecule has 0 saturated heterocycles. The minimum Gasteiger partial charge on any atom is -0.286 e. The quantitative estimate of drug-likeness (QED) is 0.679. The summed E-state index contributed by atoms with van der Waals surface area (Å²) < 4.78 is 0. The van der Waals surface area contributed by atoms with E-state index >= 15 is 0 Å². The Bertz CT molecular complexity index is 990. The average molecular weight is 355 g/mol. The van der Waals surface area contributed by atoms with Crippen molar-refractivity contribution < 1.29 is 0 Å². The van der Waals surface area contributed by atoms with E-state index in [1.807, 2.05) is 0 Å². The number of para-hydroxylation sites is 2. The molecule has 0 amide bonds. The number of aryl methyl sites for hydroxylation is 3. The SMILES string of the molecule is Cc1ccccc1C1=CN(c2ccccc2C)NN(c2ccccc2C)C1. The van der Waals surface area contributed by atoms with Gasteiger partial charge in [0, 0.05) is 6.20 Å². The maximum absolute atomic E-state index is 3.58. The molecule has 3 nitrogen and oxygen atoms in total. The Labute approximate surface area is 161 Å². The zero-order valence-electron chi connectivity index (χ0n) is 16.1. The van der Waals surface area contributed by atoms with Gasteiger partial charge in [-0.1, -0.05) is 60.7 Å². The number of anilines is 2. The molecule has 3 aromatic carbocycles. The van der Waals surface area contributed by atoms with Gasteiger partial charge in [-0.05, 0) is 60.7 Å². The summed E-state index contributed by atoms with van der Waals surface area (Å²) in [5.74, 6) is 0. The fraction of sp³-hybridized carbons (Fsp3) is 0.167. The normalized spacial score (nSPS) is 14.3. The lowest BCUT2D eigenvalue weighted by atomic mass is 10.00. The molecule has 1 N–H and O–H groups in total. The number of nitrogens with one attached hydrogen (secondary N) is 1. The zero-order chi connectivity index (χ0) is 18.8. The summed E-state index contributed by atoms with van der Waals surface area (Å²) in [5.41, 5.74) is 12.3. The number of hydrogen-bond donors (Lipinski definition) is 1. The molecule has 0 atom stereocenters. The van der Waals surface area contributed by atoms with Crippen LogP contribution in [0.5, 0.6) is 0 Å².